The Kier molecular flexibility index (Phi) is 5.91. The van der Waals surface area contributed by atoms with Gasteiger partial charge in [0.2, 0.25) is 21.8 Å². The van der Waals surface area contributed by atoms with Gasteiger partial charge in [0.25, 0.3) is 0 Å². The molecule has 0 aliphatic carbocycles. The van der Waals surface area contributed by atoms with Crippen LogP contribution in [0, 0.1) is 5.92 Å². The lowest BCUT2D eigenvalue weighted by Crippen LogP contribution is -2.47. The van der Waals surface area contributed by atoms with Crippen LogP contribution in [0.25, 0.3) is 0 Å². The number of carbonyl (C=O) groups excluding carboxylic acids is 2. The van der Waals surface area contributed by atoms with Crippen LogP contribution >= 0.6 is 0 Å². The van der Waals surface area contributed by atoms with Crippen LogP contribution in [0.1, 0.15) is 40.0 Å². The molecule has 2 saturated heterocycles. The highest BCUT2D eigenvalue weighted by Gasteiger charge is 2.57. The Morgan fingerprint density at radius 1 is 1.25 bits per heavy atom. The molecule has 8 heteroatoms. The van der Waals surface area contributed by atoms with E-state index in [2.05, 4.69) is 0 Å². The molecule has 2 aliphatic rings. The van der Waals surface area contributed by atoms with Crippen LogP contribution in [-0.4, -0.2) is 78.9 Å². The fourth-order valence-electron chi connectivity index (χ4n) is 4.05. The number of sulfonamides is 1. The molecule has 0 aromatic carbocycles. The van der Waals surface area contributed by atoms with Crippen molar-refractivity contribution in [1.82, 2.24) is 14.1 Å². The van der Waals surface area contributed by atoms with Gasteiger partial charge in [0.15, 0.2) is 0 Å². The van der Waals surface area contributed by atoms with E-state index in [1.54, 1.807) is 4.90 Å². The number of rotatable bonds is 7. The number of carbonyl (C=O) groups is 2. The van der Waals surface area contributed by atoms with Gasteiger partial charge in [-0.05, 0) is 25.9 Å². The zero-order valence-electron chi connectivity index (χ0n) is 15.1. The number of likely N-dealkylation sites (N-methyl/N-ethyl adjacent to an activating group) is 1. The summed E-state index contributed by atoms with van der Waals surface area (Å²) in [5.74, 6) is -0.747. The highest BCUT2D eigenvalue weighted by atomic mass is 32.2. The minimum atomic E-state index is -3.60. The highest BCUT2D eigenvalue weighted by molar-refractivity contribution is 7.88. The summed E-state index contributed by atoms with van der Waals surface area (Å²) in [6.45, 7) is 8.41. The summed E-state index contributed by atoms with van der Waals surface area (Å²) < 4.78 is 25.2. The monoisotopic (exact) mass is 359 g/mol. The maximum Gasteiger partial charge on any atom is 0.241 e. The first-order chi connectivity index (χ1) is 11.3. The molecule has 138 valence electrons. The van der Waals surface area contributed by atoms with Crippen molar-refractivity contribution >= 4 is 21.8 Å². The van der Waals surface area contributed by atoms with E-state index in [1.807, 2.05) is 25.7 Å². The Morgan fingerprint density at radius 3 is 2.38 bits per heavy atom. The molecule has 0 spiro atoms. The van der Waals surface area contributed by atoms with E-state index in [9.17, 15) is 18.0 Å². The van der Waals surface area contributed by atoms with Gasteiger partial charge in [-0.15, -0.1) is 0 Å². The molecule has 2 amide bonds. The first kappa shape index (κ1) is 19.2. The van der Waals surface area contributed by atoms with E-state index < -0.39 is 22.0 Å². The van der Waals surface area contributed by atoms with E-state index in [4.69, 9.17) is 0 Å². The number of likely N-dealkylation sites (tertiary alicyclic amines) is 1. The molecule has 2 aliphatic heterocycles. The molecular formula is C16H29N3O4S. The van der Waals surface area contributed by atoms with Crippen molar-refractivity contribution in [3.63, 3.8) is 0 Å². The summed E-state index contributed by atoms with van der Waals surface area (Å²) in [5, 5.41) is 0. The van der Waals surface area contributed by atoms with Crippen LogP contribution in [0.2, 0.25) is 0 Å². The fourth-order valence-corrected chi connectivity index (χ4v) is 5.23. The molecule has 0 aromatic rings. The topological polar surface area (TPSA) is 78.0 Å². The zero-order valence-corrected chi connectivity index (χ0v) is 15.9. The fraction of sp³-hybridized carbons (Fsp3) is 0.875. The third-order valence-electron chi connectivity index (χ3n) is 5.20. The maximum atomic E-state index is 12.7. The number of nitrogens with zero attached hydrogens (tertiary/aromatic N) is 3. The summed E-state index contributed by atoms with van der Waals surface area (Å²) in [6, 6.07) is -0.708. The van der Waals surface area contributed by atoms with Crippen LogP contribution in [0.15, 0.2) is 0 Å². The van der Waals surface area contributed by atoms with Gasteiger partial charge in [-0.25, -0.2) is 12.7 Å². The predicted octanol–water partition coefficient (Wildman–Crippen LogP) is 0.516. The summed E-state index contributed by atoms with van der Waals surface area (Å²) >= 11 is 0. The second-order valence-electron chi connectivity index (χ2n) is 6.69. The van der Waals surface area contributed by atoms with E-state index >= 15 is 0 Å². The molecule has 2 fully saturated rings. The molecule has 0 saturated carbocycles. The molecular weight excluding hydrogens is 330 g/mol. The van der Waals surface area contributed by atoms with Crippen molar-refractivity contribution in [3.05, 3.63) is 0 Å². The van der Waals surface area contributed by atoms with Gasteiger partial charge in [0.05, 0.1) is 30.8 Å². The molecule has 3 atom stereocenters. The van der Waals surface area contributed by atoms with Crippen molar-refractivity contribution in [2.24, 2.45) is 5.92 Å². The number of fused-ring (bicyclic) bond motifs is 1. The Hall–Kier alpha value is -1.15. The maximum absolute atomic E-state index is 12.7. The lowest BCUT2D eigenvalue weighted by molar-refractivity contribution is -0.135. The normalized spacial score (nSPS) is 27.2. The molecule has 0 bridgehead atoms. The average molecular weight is 359 g/mol. The quantitative estimate of drug-likeness (QED) is 0.662. The van der Waals surface area contributed by atoms with Gasteiger partial charge in [-0.1, -0.05) is 27.2 Å². The second kappa shape index (κ2) is 7.39. The SMILES string of the molecule is CCC[C@H]1C(=O)N(S(C)(=O)=O)[C@H]2CCN(C(=O)CN(CC)CC)[C@H]12. The highest BCUT2D eigenvalue weighted by Crippen LogP contribution is 2.40. The summed E-state index contributed by atoms with van der Waals surface area (Å²) in [6.07, 6.45) is 3.01. The van der Waals surface area contributed by atoms with Gasteiger partial charge in [-0.2, -0.15) is 0 Å². The van der Waals surface area contributed by atoms with E-state index in [1.165, 1.54) is 0 Å². The third kappa shape index (κ3) is 3.44. The smallest absolute Gasteiger partial charge is 0.241 e. The van der Waals surface area contributed by atoms with Gasteiger partial charge < -0.3 is 4.90 Å². The van der Waals surface area contributed by atoms with Crippen LogP contribution in [-0.2, 0) is 19.6 Å². The Labute approximate surface area is 145 Å². The summed E-state index contributed by atoms with van der Waals surface area (Å²) in [4.78, 5) is 29.2. The van der Waals surface area contributed by atoms with E-state index in [0.717, 1.165) is 30.1 Å². The van der Waals surface area contributed by atoms with Crippen molar-refractivity contribution in [2.75, 3.05) is 32.4 Å². The number of hydrogen-bond acceptors (Lipinski definition) is 5. The predicted molar refractivity (Wildman–Crippen MR) is 91.8 cm³/mol. The Morgan fingerprint density at radius 2 is 1.88 bits per heavy atom. The molecule has 2 heterocycles. The Bertz CT molecular complexity index is 588. The molecule has 7 nitrogen and oxygen atoms in total. The number of hydrogen-bond donors (Lipinski definition) is 0. The average Bonchev–Trinajstić information content (AvgIpc) is 3.03. The van der Waals surface area contributed by atoms with Crippen LogP contribution in [0.5, 0.6) is 0 Å². The van der Waals surface area contributed by atoms with E-state index in [-0.39, 0.29) is 17.9 Å². The van der Waals surface area contributed by atoms with Crippen molar-refractivity contribution < 1.29 is 18.0 Å². The van der Waals surface area contributed by atoms with Gasteiger partial charge in [0, 0.05) is 6.54 Å². The van der Waals surface area contributed by atoms with Gasteiger partial charge in [0.1, 0.15) is 0 Å². The van der Waals surface area contributed by atoms with E-state index in [0.29, 0.717) is 25.9 Å². The van der Waals surface area contributed by atoms with Crippen LogP contribution < -0.4 is 0 Å². The van der Waals surface area contributed by atoms with Crippen LogP contribution in [0.4, 0.5) is 0 Å². The largest absolute Gasteiger partial charge is 0.336 e. The summed E-state index contributed by atoms with van der Waals surface area (Å²) in [5.41, 5.74) is 0. The third-order valence-corrected chi connectivity index (χ3v) is 6.36. The van der Waals surface area contributed by atoms with Crippen molar-refractivity contribution in [2.45, 2.75) is 52.1 Å². The summed E-state index contributed by atoms with van der Waals surface area (Å²) in [7, 11) is -3.60. The first-order valence-electron chi connectivity index (χ1n) is 8.81. The zero-order chi connectivity index (χ0) is 18.1. The second-order valence-corrected chi connectivity index (χ2v) is 8.55. The minimum absolute atomic E-state index is 0.00421. The molecule has 0 radical (unpaired) electrons. The first-order valence-corrected chi connectivity index (χ1v) is 10.7. The molecule has 0 unspecified atom stereocenters. The molecule has 0 N–H and O–H groups in total. The standard InChI is InChI=1S/C16H29N3O4S/c1-5-8-12-15-13(19(16(12)21)24(4,22)23)9-10-18(15)14(20)11-17(6-2)7-3/h12-13,15H,5-11H2,1-4H3/t12-,13+,15-/m1/s1. The van der Waals surface area contributed by atoms with Gasteiger partial charge >= 0.3 is 0 Å². The van der Waals surface area contributed by atoms with Crippen molar-refractivity contribution in [1.29, 1.82) is 0 Å². The molecule has 0 aromatic heterocycles. The lowest BCUT2D eigenvalue weighted by atomic mass is 9.94. The Balaban J connectivity index is 2.26. The van der Waals surface area contributed by atoms with Crippen LogP contribution in [0.3, 0.4) is 0 Å². The van der Waals surface area contributed by atoms with Gasteiger partial charge in [-0.3, -0.25) is 14.5 Å². The minimum Gasteiger partial charge on any atom is -0.336 e. The lowest BCUT2D eigenvalue weighted by Gasteiger charge is -2.29. The molecule has 24 heavy (non-hydrogen) atoms. The number of amides is 2. The molecule has 2 rings (SSSR count). The van der Waals surface area contributed by atoms with Crippen molar-refractivity contribution in [3.8, 4) is 0 Å².